The van der Waals surface area contributed by atoms with Crippen LogP contribution in [0.2, 0.25) is 5.02 Å². The molecule has 0 radical (unpaired) electrons. The predicted octanol–water partition coefficient (Wildman–Crippen LogP) is 5.03. The van der Waals surface area contributed by atoms with E-state index in [4.69, 9.17) is 20.8 Å². The van der Waals surface area contributed by atoms with Crippen LogP contribution in [0.4, 0.5) is 10.1 Å². The van der Waals surface area contributed by atoms with Gasteiger partial charge in [0, 0.05) is 22.5 Å². The van der Waals surface area contributed by atoms with E-state index in [0.717, 1.165) is 5.39 Å². The lowest BCUT2D eigenvalue weighted by molar-refractivity contribution is 0.0998. The molecule has 4 aromatic rings. The highest BCUT2D eigenvalue weighted by atomic mass is 35.5. The summed E-state index contributed by atoms with van der Waals surface area (Å²) in [6.07, 6.45) is 0. The number of hydrogen-bond donors (Lipinski definition) is 1. The lowest BCUT2D eigenvalue weighted by atomic mass is 10.2. The van der Waals surface area contributed by atoms with E-state index in [-0.39, 0.29) is 10.8 Å². The first-order valence-electron chi connectivity index (χ1n) is 7.68. The first-order chi connectivity index (χ1) is 12.5. The third-order valence-electron chi connectivity index (χ3n) is 3.91. The van der Waals surface area contributed by atoms with Crippen LogP contribution >= 0.6 is 11.6 Å². The zero-order valence-electron chi connectivity index (χ0n) is 13.5. The first kappa shape index (κ1) is 16.4. The summed E-state index contributed by atoms with van der Waals surface area (Å²) in [7, 11) is 1.58. The molecule has 0 aliphatic heterocycles. The molecule has 5 nitrogen and oxygen atoms in total. The molecule has 7 heteroatoms. The van der Waals surface area contributed by atoms with Crippen LogP contribution in [-0.2, 0) is 0 Å². The fourth-order valence-electron chi connectivity index (χ4n) is 2.61. The number of nitrogens with one attached hydrogen (secondary N) is 1. The van der Waals surface area contributed by atoms with Crippen molar-refractivity contribution in [3.8, 4) is 5.75 Å². The number of halogens is 2. The van der Waals surface area contributed by atoms with Gasteiger partial charge in [-0.3, -0.25) is 4.79 Å². The van der Waals surface area contributed by atoms with Crippen molar-refractivity contribution in [1.82, 2.24) is 4.98 Å². The van der Waals surface area contributed by atoms with Gasteiger partial charge in [0.15, 0.2) is 5.76 Å². The summed E-state index contributed by atoms with van der Waals surface area (Å²) in [5, 5.41) is 4.14. The maximum Gasteiger partial charge on any atom is 0.291 e. The maximum absolute atomic E-state index is 13.2. The smallest absolute Gasteiger partial charge is 0.291 e. The van der Waals surface area contributed by atoms with Crippen LogP contribution in [0.1, 0.15) is 10.6 Å². The largest absolute Gasteiger partial charge is 0.497 e. The van der Waals surface area contributed by atoms with E-state index >= 15 is 0 Å². The van der Waals surface area contributed by atoms with Crippen LogP contribution < -0.4 is 10.1 Å². The number of hydrogen-bond acceptors (Lipinski definition) is 4. The van der Waals surface area contributed by atoms with Gasteiger partial charge in [-0.2, -0.15) is 0 Å². The van der Waals surface area contributed by atoms with Gasteiger partial charge >= 0.3 is 0 Å². The summed E-state index contributed by atoms with van der Waals surface area (Å²) in [4.78, 5) is 16.8. The molecule has 1 amide bonds. The van der Waals surface area contributed by atoms with Gasteiger partial charge < -0.3 is 14.5 Å². The van der Waals surface area contributed by atoms with Crippen molar-refractivity contribution >= 4 is 45.2 Å². The van der Waals surface area contributed by atoms with Crippen LogP contribution in [0, 0.1) is 5.82 Å². The molecule has 2 aromatic carbocycles. The summed E-state index contributed by atoms with van der Waals surface area (Å²) in [6.45, 7) is 0. The lowest BCUT2D eigenvalue weighted by Gasteiger charge is -2.03. The molecule has 2 heterocycles. The van der Waals surface area contributed by atoms with E-state index in [9.17, 15) is 9.18 Å². The topological polar surface area (TPSA) is 64.4 Å². The number of pyridine rings is 1. The Morgan fingerprint density at radius 2 is 2.00 bits per heavy atom. The summed E-state index contributed by atoms with van der Waals surface area (Å²) >= 11 is 5.72. The molecule has 0 saturated carbocycles. The Labute approximate surface area is 152 Å². The Kier molecular flexibility index (Phi) is 3.97. The Balaban J connectivity index is 1.68. The number of nitrogens with zero attached hydrogens (tertiary/aromatic N) is 1. The van der Waals surface area contributed by atoms with Gasteiger partial charge in [-0.15, -0.1) is 0 Å². The molecule has 2 aromatic heterocycles. The van der Waals surface area contributed by atoms with E-state index in [2.05, 4.69) is 10.3 Å². The third-order valence-corrected chi connectivity index (χ3v) is 4.20. The number of amides is 1. The number of methoxy groups -OCH3 is 1. The lowest BCUT2D eigenvalue weighted by Crippen LogP contribution is -2.10. The molecule has 130 valence electrons. The van der Waals surface area contributed by atoms with Gasteiger partial charge in [0.05, 0.1) is 17.6 Å². The number of carbonyl (C=O) groups excluding carboxylic acids is 1. The quantitative estimate of drug-likeness (QED) is 0.549. The molecule has 0 spiro atoms. The van der Waals surface area contributed by atoms with E-state index in [1.165, 1.54) is 18.2 Å². The minimum absolute atomic E-state index is 0.0748. The number of benzene rings is 2. The molecule has 0 aliphatic carbocycles. The molecule has 0 bridgehead atoms. The highest BCUT2D eigenvalue weighted by Gasteiger charge is 2.15. The van der Waals surface area contributed by atoms with Gasteiger partial charge in [0.1, 0.15) is 11.6 Å². The number of aromatic nitrogens is 1. The molecular weight excluding hydrogens is 359 g/mol. The number of carbonyl (C=O) groups is 1. The highest BCUT2D eigenvalue weighted by Crippen LogP contribution is 2.26. The van der Waals surface area contributed by atoms with Gasteiger partial charge in [-0.25, -0.2) is 9.37 Å². The molecular formula is C19H12ClFN2O3. The molecule has 26 heavy (non-hydrogen) atoms. The van der Waals surface area contributed by atoms with Gasteiger partial charge in [0.25, 0.3) is 5.91 Å². The van der Waals surface area contributed by atoms with E-state index in [1.807, 2.05) is 18.2 Å². The van der Waals surface area contributed by atoms with Crippen molar-refractivity contribution in [1.29, 1.82) is 0 Å². The SMILES string of the molecule is COc1ccc2cc3cc(C(=O)Nc4ccc(F)c(Cl)c4)oc3nc2c1. The molecule has 4 rings (SSSR count). The van der Waals surface area contributed by atoms with Crippen molar-refractivity contribution < 1.29 is 18.3 Å². The Hall–Kier alpha value is -3.12. The number of rotatable bonds is 3. The summed E-state index contributed by atoms with van der Waals surface area (Å²) in [5.74, 6) is -0.260. The molecule has 0 saturated heterocycles. The highest BCUT2D eigenvalue weighted by molar-refractivity contribution is 6.31. The Bertz CT molecular complexity index is 1160. The van der Waals surface area contributed by atoms with E-state index in [1.54, 1.807) is 19.2 Å². The maximum atomic E-state index is 13.2. The zero-order chi connectivity index (χ0) is 18.3. The van der Waals surface area contributed by atoms with Crippen molar-refractivity contribution in [3.63, 3.8) is 0 Å². The standard InChI is InChI=1S/C19H12ClFN2O3/c1-25-13-4-2-10-6-11-7-17(26-19(11)23-16(10)9-13)18(24)22-12-3-5-15(21)14(20)8-12/h2-9H,1H3,(H,22,24). The molecule has 0 atom stereocenters. The van der Waals surface area contributed by atoms with Gasteiger partial charge in [0.2, 0.25) is 5.71 Å². The zero-order valence-corrected chi connectivity index (χ0v) is 14.3. The number of fused-ring (bicyclic) bond motifs is 2. The molecule has 0 unspecified atom stereocenters. The summed E-state index contributed by atoms with van der Waals surface area (Å²) in [5.41, 5.74) is 1.40. The van der Waals surface area contributed by atoms with Crippen LogP contribution in [0.5, 0.6) is 5.75 Å². The minimum Gasteiger partial charge on any atom is -0.497 e. The average molecular weight is 371 g/mol. The summed E-state index contributed by atoms with van der Waals surface area (Å²) < 4.78 is 24.0. The van der Waals surface area contributed by atoms with Crippen LogP contribution in [0.25, 0.3) is 22.0 Å². The van der Waals surface area contributed by atoms with Crippen LogP contribution in [0.15, 0.2) is 52.9 Å². The van der Waals surface area contributed by atoms with Crippen molar-refractivity contribution in [2.75, 3.05) is 12.4 Å². The van der Waals surface area contributed by atoms with Crippen LogP contribution in [0.3, 0.4) is 0 Å². The van der Waals surface area contributed by atoms with E-state index < -0.39 is 11.7 Å². The van der Waals surface area contributed by atoms with Crippen molar-refractivity contribution in [2.45, 2.75) is 0 Å². The fraction of sp³-hybridized carbons (Fsp3) is 0.0526. The van der Waals surface area contributed by atoms with Crippen molar-refractivity contribution in [3.05, 3.63) is 65.1 Å². The van der Waals surface area contributed by atoms with Crippen molar-refractivity contribution in [2.24, 2.45) is 0 Å². The third kappa shape index (κ3) is 2.95. The average Bonchev–Trinajstić information content (AvgIpc) is 3.05. The Morgan fingerprint density at radius 3 is 2.77 bits per heavy atom. The first-order valence-corrected chi connectivity index (χ1v) is 8.06. The monoisotopic (exact) mass is 370 g/mol. The second kappa shape index (κ2) is 6.31. The van der Waals surface area contributed by atoms with Gasteiger partial charge in [-0.1, -0.05) is 11.6 Å². The molecule has 0 aliphatic rings. The normalized spacial score (nSPS) is 11.0. The fourth-order valence-corrected chi connectivity index (χ4v) is 2.79. The number of anilines is 1. The molecule has 0 fully saturated rings. The molecule has 1 N–H and O–H groups in total. The Morgan fingerprint density at radius 1 is 1.15 bits per heavy atom. The van der Waals surface area contributed by atoms with Crippen LogP contribution in [-0.4, -0.2) is 18.0 Å². The number of furan rings is 1. The number of ether oxygens (including phenoxy) is 1. The van der Waals surface area contributed by atoms with E-state index in [0.29, 0.717) is 28.1 Å². The second-order valence-corrected chi connectivity index (χ2v) is 6.04. The summed E-state index contributed by atoms with van der Waals surface area (Å²) in [6, 6.07) is 12.9. The van der Waals surface area contributed by atoms with Gasteiger partial charge in [-0.05, 0) is 42.5 Å². The minimum atomic E-state index is -0.556. The second-order valence-electron chi connectivity index (χ2n) is 5.64. The predicted molar refractivity (Wildman–Crippen MR) is 97.4 cm³/mol.